The monoisotopic (exact) mass is 522 g/mol. The Morgan fingerprint density at radius 1 is 1.14 bits per heavy atom. The normalized spacial score (nSPS) is 25.0. The number of piperidine rings is 1. The summed E-state index contributed by atoms with van der Waals surface area (Å²) in [7, 11) is -3.56. The maximum atomic E-state index is 15.5. The number of hydrogen-bond acceptors (Lipinski definition) is 5. The molecule has 3 aliphatic rings. The number of benzene rings is 2. The first-order chi connectivity index (χ1) is 16.9. The Bertz CT molecular complexity index is 1360. The van der Waals surface area contributed by atoms with Crippen molar-refractivity contribution in [3.05, 3.63) is 64.7 Å². The van der Waals surface area contributed by atoms with Gasteiger partial charge in [0.2, 0.25) is 5.91 Å². The van der Waals surface area contributed by atoms with E-state index >= 15 is 4.39 Å². The summed E-state index contributed by atoms with van der Waals surface area (Å²) in [5.41, 5.74) is -2.32. The smallest absolute Gasteiger partial charge is 0.254 e. The first kappa shape index (κ1) is 24.8. The molecule has 7 nitrogen and oxygen atoms in total. The van der Waals surface area contributed by atoms with E-state index in [1.165, 1.54) is 36.1 Å². The number of ether oxygens (including phenoxy) is 1. The second-order valence-corrected chi connectivity index (χ2v) is 11.9. The molecule has 2 aliphatic heterocycles. The number of hydrogen-bond donors (Lipinski definition) is 1. The quantitative estimate of drug-likeness (QED) is 0.630. The number of rotatable bonds is 6. The SMILES string of the molecule is Cc1cc(F)c([C@H](NC(=O)[C@H]2C[C@H]3C[C@H]3N2C(=O)c2cccc(S(C)(=O)=O)c2)C2(F)COC2)cc1F. The first-order valence-corrected chi connectivity index (χ1v) is 13.4. The molecule has 11 heteroatoms. The van der Waals surface area contributed by atoms with Crippen LogP contribution in [0.2, 0.25) is 0 Å². The molecule has 4 atom stereocenters. The second kappa shape index (κ2) is 8.58. The molecule has 2 aromatic carbocycles. The molecule has 3 fully saturated rings. The molecule has 192 valence electrons. The number of fused-ring (bicyclic) bond motifs is 1. The average Bonchev–Trinajstić information content (AvgIpc) is 3.47. The van der Waals surface area contributed by atoms with Crippen molar-refractivity contribution >= 4 is 21.7 Å². The summed E-state index contributed by atoms with van der Waals surface area (Å²) in [6.07, 6.45) is 2.06. The van der Waals surface area contributed by atoms with Crippen LogP contribution in [0, 0.1) is 24.5 Å². The van der Waals surface area contributed by atoms with Gasteiger partial charge in [0.1, 0.15) is 17.7 Å². The molecular weight excluding hydrogens is 497 g/mol. The van der Waals surface area contributed by atoms with Gasteiger partial charge in [-0.1, -0.05) is 6.07 Å². The number of sulfone groups is 1. The van der Waals surface area contributed by atoms with Crippen molar-refractivity contribution in [1.29, 1.82) is 0 Å². The molecule has 1 saturated carbocycles. The van der Waals surface area contributed by atoms with Gasteiger partial charge in [-0.15, -0.1) is 0 Å². The van der Waals surface area contributed by atoms with Gasteiger partial charge in [-0.25, -0.2) is 21.6 Å². The van der Waals surface area contributed by atoms with E-state index in [4.69, 9.17) is 4.74 Å². The summed E-state index contributed by atoms with van der Waals surface area (Å²) in [5, 5.41) is 2.53. The summed E-state index contributed by atoms with van der Waals surface area (Å²) >= 11 is 0. The van der Waals surface area contributed by atoms with Crippen LogP contribution in [0.3, 0.4) is 0 Å². The number of halogens is 3. The van der Waals surface area contributed by atoms with Crippen LogP contribution in [0.5, 0.6) is 0 Å². The van der Waals surface area contributed by atoms with Crippen molar-refractivity contribution < 1.29 is 35.9 Å². The third-order valence-electron chi connectivity index (χ3n) is 7.23. The fourth-order valence-corrected chi connectivity index (χ4v) is 5.73. The van der Waals surface area contributed by atoms with Crippen molar-refractivity contribution in [2.75, 3.05) is 19.5 Å². The fraction of sp³-hybridized carbons (Fsp3) is 0.440. The van der Waals surface area contributed by atoms with Gasteiger partial charge < -0.3 is 15.0 Å². The highest BCUT2D eigenvalue weighted by atomic mass is 32.2. The van der Waals surface area contributed by atoms with Crippen molar-refractivity contribution in [3.63, 3.8) is 0 Å². The molecular formula is C25H25F3N2O5S. The molecule has 0 bridgehead atoms. The molecule has 2 saturated heterocycles. The molecule has 2 heterocycles. The van der Waals surface area contributed by atoms with Crippen LogP contribution in [0.25, 0.3) is 0 Å². The maximum absolute atomic E-state index is 15.5. The number of carbonyl (C=O) groups excluding carboxylic acids is 2. The predicted octanol–water partition coefficient (Wildman–Crippen LogP) is 2.88. The van der Waals surface area contributed by atoms with Gasteiger partial charge in [-0.2, -0.15) is 0 Å². The number of alkyl halides is 1. The molecule has 36 heavy (non-hydrogen) atoms. The lowest BCUT2D eigenvalue weighted by Crippen LogP contribution is -2.58. The van der Waals surface area contributed by atoms with Crippen LogP contribution >= 0.6 is 0 Å². The Balaban J connectivity index is 1.43. The number of amides is 2. The zero-order valence-electron chi connectivity index (χ0n) is 19.6. The molecule has 0 aromatic heterocycles. The summed E-state index contributed by atoms with van der Waals surface area (Å²) in [4.78, 5) is 28.1. The summed E-state index contributed by atoms with van der Waals surface area (Å²) in [6.45, 7) is 0.577. The molecule has 0 spiro atoms. The fourth-order valence-electron chi connectivity index (χ4n) is 5.06. The minimum absolute atomic E-state index is 0.0258. The van der Waals surface area contributed by atoms with Gasteiger partial charge in [-0.05, 0) is 61.6 Å². The van der Waals surface area contributed by atoms with Gasteiger partial charge >= 0.3 is 0 Å². The van der Waals surface area contributed by atoms with E-state index in [9.17, 15) is 26.8 Å². The second-order valence-electron chi connectivity index (χ2n) is 9.92. The Hall–Kier alpha value is -2.92. The van der Waals surface area contributed by atoms with Gasteiger partial charge in [-0.3, -0.25) is 9.59 Å². The average molecular weight is 523 g/mol. The topological polar surface area (TPSA) is 92.8 Å². The number of carbonyl (C=O) groups is 2. The summed E-state index contributed by atoms with van der Waals surface area (Å²) in [6, 6.07) is 4.70. The number of nitrogens with zero attached hydrogens (tertiary/aromatic N) is 1. The predicted molar refractivity (Wildman–Crippen MR) is 123 cm³/mol. The van der Waals surface area contributed by atoms with Crippen molar-refractivity contribution in [2.24, 2.45) is 5.92 Å². The van der Waals surface area contributed by atoms with E-state index < -0.39 is 64.3 Å². The van der Waals surface area contributed by atoms with Crippen LogP contribution in [-0.4, -0.2) is 62.4 Å². The van der Waals surface area contributed by atoms with E-state index in [1.54, 1.807) is 0 Å². The van der Waals surface area contributed by atoms with Gasteiger partial charge in [0.25, 0.3) is 5.91 Å². The third-order valence-corrected chi connectivity index (χ3v) is 8.34. The molecule has 1 aliphatic carbocycles. The minimum Gasteiger partial charge on any atom is -0.374 e. The molecule has 5 rings (SSSR count). The lowest BCUT2D eigenvalue weighted by Gasteiger charge is -2.41. The van der Waals surface area contributed by atoms with Crippen LogP contribution in [0.4, 0.5) is 13.2 Å². The zero-order chi connectivity index (χ0) is 26.0. The standard InChI is InChI=1S/C25H25F3N2O5S/c1-13-6-19(27)17(10-18(13)26)22(25(28)11-35-12-25)29-23(31)21-9-15-8-20(15)30(21)24(32)14-4-3-5-16(7-14)36(2,33)34/h3-7,10,15,20-22H,8-9,11-12H2,1-2H3,(H,29,31)/t15-,20-,21-,22+/m1/s1. The van der Waals surface area contributed by atoms with Crippen molar-refractivity contribution in [3.8, 4) is 0 Å². The molecule has 0 radical (unpaired) electrons. The Labute approximate surface area is 206 Å². The lowest BCUT2D eigenvalue weighted by atomic mass is 9.87. The van der Waals surface area contributed by atoms with E-state index in [-0.39, 0.29) is 33.5 Å². The molecule has 2 aromatic rings. The third kappa shape index (κ3) is 4.28. The largest absolute Gasteiger partial charge is 0.374 e. The number of nitrogens with one attached hydrogen (secondary N) is 1. The first-order valence-electron chi connectivity index (χ1n) is 11.5. The Kier molecular flexibility index (Phi) is 5.90. The molecule has 1 N–H and O–H groups in total. The number of likely N-dealkylation sites (tertiary alicyclic amines) is 1. The van der Waals surface area contributed by atoms with Crippen molar-refractivity contribution in [1.82, 2.24) is 10.2 Å². The van der Waals surface area contributed by atoms with E-state index in [2.05, 4.69) is 5.32 Å². The van der Waals surface area contributed by atoms with E-state index in [0.29, 0.717) is 12.8 Å². The highest BCUT2D eigenvalue weighted by molar-refractivity contribution is 7.90. The minimum atomic E-state index is -3.56. The van der Waals surface area contributed by atoms with Gasteiger partial charge in [0.05, 0.1) is 24.2 Å². The van der Waals surface area contributed by atoms with E-state index in [1.807, 2.05) is 0 Å². The zero-order valence-corrected chi connectivity index (χ0v) is 20.4. The summed E-state index contributed by atoms with van der Waals surface area (Å²) < 4.78 is 73.4. The van der Waals surface area contributed by atoms with Gasteiger partial charge in [0, 0.05) is 23.4 Å². The van der Waals surface area contributed by atoms with Crippen LogP contribution in [-0.2, 0) is 19.4 Å². The van der Waals surface area contributed by atoms with Crippen LogP contribution in [0.1, 0.15) is 40.4 Å². The Morgan fingerprint density at radius 3 is 2.50 bits per heavy atom. The van der Waals surface area contributed by atoms with Crippen molar-refractivity contribution in [2.45, 2.75) is 48.5 Å². The molecule has 2 amide bonds. The highest BCUT2D eigenvalue weighted by Crippen LogP contribution is 2.49. The number of aryl methyl sites for hydroxylation is 1. The Morgan fingerprint density at radius 2 is 1.86 bits per heavy atom. The van der Waals surface area contributed by atoms with E-state index in [0.717, 1.165) is 18.4 Å². The highest BCUT2D eigenvalue weighted by Gasteiger charge is 2.57. The molecule has 0 unspecified atom stereocenters. The summed E-state index contributed by atoms with van der Waals surface area (Å²) in [5.74, 6) is -2.72. The van der Waals surface area contributed by atoms with Crippen LogP contribution in [0.15, 0.2) is 41.3 Å². The maximum Gasteiger partial charge on any atom is 0.254 e. The van der Waals surface area contributed by atoms with Crippen LogP contribution < -0.4 is 5.32 Å². The lowest BCUT2D eigenvalue weighted by molar-refractivity contribution is -0.155. The van der Waals surface area contributed by atoms with Gasteiger partial charge in [0.15, 0.2) is 15.5 Å².